The minimum atomic E-state index is -1.41. The second-order valence-electron chi connectivity index (χ2n) is 2.96. The number of hydrogen-bond donors (Lipinski definition) is 2. The van der Waals surface area contributed by atoms with Crippen LogP contribution < -0.4 is 5.73 Å². The molecule has 0 heterocycles. The van der Waals surface area contributed by atoms with Gasteiger partial charge in [-0.25, -0.2) is 0 Å². The van der Waals surface area contributed by atoms with E-state index in [1.807, 2.05) is 13.8 Å². The molecule has 0 bridgehead atoms. The normalized spacial score (nSPS) is 15.4. The van der Waals surface area contributed by atoms with Gasteiger partial charge in [0.05, 0.1) is 0 Å². The fraction of sp³-hybridized carbons (Fsp3) is 0.875. The Kier molecular flexibility index (Phi) is 4.20. The smallest absolute Gasteiger partial charge is 0.255 e. The van der Waals surface area contributed by atoms with E-state index < -0.39 is 5.60 Å². The molecule has 0 saturated carbocycles. The fourth-order valence-electron chi connectivity index (χ4n) is 0.939. The van der Waals surface area contributed by atoms with Gasteiger partial charge in [-0.05, 0) is 20.8 Å². The summed E-state index contributed by atoms with van der Waals surface area (Å²) in [4.78, 5) is 13.0. The van der Waals surface area contributed by atoms with Gasteiger partial charge in [0.25, 0.3) is 5.91 Å². The van der Waals surface area contributed by atoms with Crippen molar-refractivity contribution in [2.24, 2.45) is 5.73 Å². The summed E-state index contributed by atoms with van der Waals surface area (Å²) in [5.74, 6) is -0.296. The van der Waals surface area contributed by atoms with Crippen molar-refractivity contribution in [3.05, 3.63) is 0 Å². The van der Waals surface area contributed by atoms with Gasteiger partial charge >= 0.3 is 0 Å². The maximum atomic E-state index is 11.5. The van der Waals surface area contributed by atoms with Gasteiger partial charge in [-0.3, -0.25) is 4.79 Å². The van der Waals surface area contributed by atoms with Crippen molar-refractivity contribution >= 4 is 5.91 Å². The summed E-state index contributed by atoms with van der Waals surface area (Å²) >= 11 is 0. The van der Waals surface area contributed by atoms with Gasteiger partial charge in [-0.2, -0.15) is 0 Å². The standard InChI is InChI=1S/C8H18N2O2/c1-4-10(5-2)7(11)8(3,12)6-9/h12H,4-6,9H2,1-3H3. The van der Waals surface area contributed by atoms with Crippen LogP contribution in [-0.2, 0) is 4.79 Å². The van der Waals surface area contributed by atoms with E-state index in [9.17, 15) is 9.90 Å². The van der Waals surface area contributed by atoms with Crippen LogP contribution in [0.5, 0.6) is 0 Å². The Morgan fingerprint density at radius 2 is 1.92 bits per heavy atom. The quantitative estimate of drug-likeness (QED) is 0.607. The average molecular weight is 174 g/mol. The lowest BCUT2D eigenvalue weighted by Gasteiger charge is -2.28. The molecule has 0 aromatic rings. The highest BCUT2D eigenvalue weighted by Gasteiger charge is 2.31. The van der Waals surface area contributed by atoms with Crippen LogP contribution in [0.2, 0.25) is 0 Å². The maximum Gasteiger partial charge on any atom is 0.255 e. The fourth-order valence-corrected chi connectivity index (χ4v) is 0.939. The Labute approximate surface area is 73.3 Å². The molecule has 4 nitrogen and oxygen atoms in total. The molecule has 0 radical (unpaired) electrons. The first kappa shape index (κ1) is 11.4. The van der Waals surface area contributed by atoms with Crippen LogP contribution in [0.15, 0.2) is 0 Å². The first-order valence-electron chi connectivity index (χ1n) is 4.21. The molecule has 72 valence electrons. The van der Waals surface area contributed by atoms with E-state index in [1.54, 1.807) is 4.90 Å². The Morgan fingerprint density at radius 3 is 2.17 bits per heavy atom. The Bertz CT molecular complexity index is 153. The molecule has 1 atom stereocenters. The molecule has 12 heavy (non-hydrogen) atoms. The highest BCUT2D eigenvalue weighted by atomic mass is 16.3. The minimum absolute atomic E-state index is 0.0394. The summed E-state index contributed by atoms with van der Waals surface area (Å²) < 4.78 is 0. The lowest BCUT2D eigenvalue weighted by Crippen LogP contribution is -2.51. The zero-order chi connectivity index (χ0) is 9.78. The molecule has 0 aliphatic carbocycles. The Hall–Kier alpha value is -0.610. The molecule has 4 heteroatoms. The van der Waals surface area contributed by atoms with E-state index in [0.717, 1.165) is 0 Å². The topological polar surface area (TPSA) is 66.6 Å². The summed E-state index contributed by atoms with van der Waals surface area (Å²) in [5, 5.41) is 9.51. The minimum Gasteiger partial charge on any atom is -0.379 e. The summed E-state index contributed by atoms with van der Waals surface area (Å²) in [7, 11) is 0. The predicted octanol–water partition coefficient (Wildman–Crippen LogP) is -0.435. The van der Waals surface area contributed by atoms with E-state index in [-0.39, 0.29) is 12.5 Å². The van der Waals surface area contributed by atoms with Crippen molar-refractivity contribution < 1.29 is 9.90 Å². The van der Waals surface area contributed by atoms with Crippen molar-refractivity contribution in [3.63, 3.8) is 0 Å². The van der Waals surface area contributed by atoms with Crippen LogP contribution >= 0.6 is 0 Å². The van der Waals surface area contributed by atoms with Crippen LogP contribution in [0.25, 0.3) is 0 Å². The van der Waals surface area contributed by atoms with E-state index in [4.69, 9.17) is 5.73 Å². The lowest BCUT2D eigenvalue weighted by atomic mass is 10.1. The molecule has 0 aromatic heterocycles. The first-order chi connectivity index (χ1) is 5.49. The first-order valence-corrected chi connectivity index (χ1v) is 4.21. The third-order valence-electron chi connectivity index (χ3n) is 1.91. The lowest BCUT2D eigenvalue weighted by molar-refractivity contribution is -0.148. The molecule has 0 fully saturated rings. The molecule has 1 unspecified atom stereocenters. The number of hydrogen-bond acceptors (Lipinski definition) is 3. The summed E-state index contributed by atoms with van der Waals surface area (Å²) in [5.41, 5.74) is 3.85. The predicted molar refractivity (Wildman–Crippen MR) is 47.6 cm³/mol. The number of likely N-dealkylation sites (N-methyl/N-ethyl adjacent to an activating group) is 1. The van der Waals surface area contributed by atoms with Gasteiger partial charge in [0.1, 0.15) is 0 Å². The van der Waals surface area contributed by atoms with Crippen molar-refractivity contribution in [2.45, 2.75) is 26.4 Å². The second-order valence-corrected chi connectivity index (χ2v) is 2.96. The third kappa shape index (κ3) is 2.46. The number of carbonyl (C=O) groups excluding carboxylic acids is 1. The van der Waals surface area contributed by atoms with Crippen LogP contribution in [-0.4, -0.2) is 41.1 Å². The summed E-state index contributed by atoms with van der Waals surface area (Å²) in [6.07, 6.45) is 0. The van der Waals surface area contributed by atoms with E-state index in [0.29, 0.717) is 13.1 Å². The molecule has 0 spiro atoms. The zero-order valence-corrected chi connectivity index (χ0v) is 8.00. The third-order valence-corrected chi connectivity index (χ3v) is 1.91. The highest BCUT2D eigenvalue weighted by molar-refractivity contribution is 5.84. The van der Waals surface area contributed by atoms with Gasteiger partial charge in [-0.15, -0.1) is 0 Å². The van der Waals surface area contributed by atoms with Gasteiger partial charge in [-0.1, -0.05) is 0 Å². The van der Waals surface area contributed by atoms with E-state index >= 15 is 0 Å². The number of rotatable bonds is 4. The zero-order valence-electron chi connectivity index (χ0n) is 8.00. The molecule has 1 amide bonds. The van der Waals surface area contributed by atoms with Crippen LogP contribution in [0, 0.1) is 0 Å². The summed E-state index contributed by atoms with van der Waals surface area (Å²) in [6.45, 7) is 6.34. The number of amides is 1. The molecule has 0 aromatic carbocycles. The SMILES string of the molecule is CCN(CC)C(=O)C(C)(O)CN. The van der Waals surface area contributed by atoms with Crippen LogP contribution in [0.4, 0.5) is 0 Å². The monoisotopic (exact) mass is 174 g/mol. The molecular weight excluding hydrogens is 156 g/mol. The Morgan fingerprint density at radius 1 is 1.50 bits per heavy atom. The maximum absolute atomic E-state index is 11.5. The molecule has 0 aliphatic heterocycles. The Balaban J connectivity index is 4.35. The van der Waals surface area contributed by atoms with Crippen molar-refractivity contribution in [1.82, 2.24) is 4.90 Å². The molecule has 3 N–H and O–H groups in total. The van der Waals surface area contributed by atoms with Crippen molar-refractivity contribution in [2.75, 3.05) is 19.6 Å². The van der Waals surface area contributed by atoms with Crippen molar-refractivity contribution in [1.29, 1.82) is 0 Å². The van der Waals surface area contributed by atoms with Gasteiger partial charge < -0.3 is 15.7 Å². The average Bonchev–Trinajstić information content (AvgIpc) is 2.06. The van der Waals surface area contributed by atoms with Gasteiger partial charge in [0, 0.05) is 19.6 Å². The van der Waals surface area contributed by atoms with Crippen LogP contribution in [0.3, 0.4) is 0 Å². The molecule has 0 saturated heterocycles. The molecule has 0 aliphatic rings. The molecule has 0 rings (SSSR count). The largest absolute Gasteiger partial charge is 0.379 e. The van der Waals surface area contributed by atoms with Gasteiger partial charge in [0.15, 0.2) is 5.60 Å². The number of nitrogens with two attached hydrogens (primary N) is 1. The van der Waals surface area contributed by atoms with Gasteiger partial charge in [0.2, 0.25) is 0 Å². The molecular formula is C8H18N2O2. The van der Waals surface area contributed by atoms with Crippen LogP contribution in [0.1, 0.15) is 20.8 Å². The van der Waals surface area contributed by atoms with Crippen molar-refractivity contribution in [3.8, 4) is 0 Å². The van der Waals surface area contributed by atoms with E-state index in [2.05, 4.69) is 0 Å². The summed E-state index contributed by atoms with van der Waals surface area (Å²) in [6, 6.07) is 0. The number of aliphatic hydroxyl groups is 1. The van der Waals surface area contributed by atoms with E-state index in [1.165, 1.54) is 6.92 Å². The number of carbonyl (C=O) groups is 1. The highest BCUT2D eigenvalue weighted by Crippen LogP contribution is 2.06. The number of nitrogens with zero attached hydrogens (tertiary/aromatic N) is 1. The second kappa shape index (κ2) is 4.42.